The number of hydrogen-bond donors (Lipinski definition) is 0. The van der Waals surface area contributed by atoms with E-state index in [9.17, 15) is 4.79 Å². The summed E-state index contributed by atoms with van der Waals surface area (Å²) in [6, 6.07) is 0. The predicted molar refractivity (Wildman–Crippen MR) is 50.0 cm³/mol. The molecule has 74 valence electrons. The SMILES string of the molecule is C=CC(=O)N(CC)N1CCOCC1. The molecule has 0 N–H and O–H groups in total. The Morgan fingerprint density at radius 2 is 2.23 bits per heavy atom. The van der Waals surface area contributed by atoms with Gasteiger partial charge in [-0.1, -0.05) is 6.58 Å². The van der Waals surface area contributed by atoms with Crippen molar-refractivity contribution in [3.8, 4) is 0 Å². The van der Waals surface area contributed by atoms with Crippen LogP contribution in [0.1, 0.15) is 6.92 Å². The number of nitrogens with zero attached hydrogens (tertiary/aromatic N) is 2. The standard InChI is InChI=1S/C9H16N2O2/c1-3-9(12)11(4-2)10-5-7-13-8-6-10/h3H,1,4-8H2,2H3. The average Bonchev–Trinajstić information content (AvgIpc) is 2.20. The number of carbonyl (C=O) groups excluding carboxylic acids is 1. The van der Waals surface area contributed by atoms with Gasteiger partial charge < -0.3 is 4.74 Å². The van der Waals surface area contributed by atoms with Gasteiger partial charge in [-0.05, 0) is 13.0 Å². The molecule has 1 aliphatic rings. The van der Waals surface area contributed by atoms with Crippen LogP contribution in [0.3, 0.4) is 0 Å². The van der Waals surface area contributed by atoms with E-state index >= 15 is 0 Å². The van der Waals surface area contributed by atoms with Crippen LogP contribution in [0.25, 0.3) is 0 Å². The maximum Gasteiger partial charge on any atom is 0.260 e. The van der Waals surface area contributed by atoms with Gasteiger partial charge in [-0.25, -0.2) is 5.01 Å². The van der Waals surface area contributed by atoms with Crippen molar-refractivity contribution in [1.82, 2.24) is 10.0 Å². The molecule has 4 nitrogen and oxygen atoms in total. The molecule has 0 unspecified atom stereocenters. The van der Waals surface area contributed by atoms with Gasteiger partial charge in [0.2, 0.25) is 0 Å². The molecule has 0 atom stereocenters. The zero-order valence-electron chi connectivity index (χ0n) is 8.03. The first kappa shape index (κ1) is 10.2. The van der Waals surface area contributed by atoms with Crippen molar-refractivity contribution in [2.45, 2.75) is 6.92 Å². The Morgan fingerprint density at radius 3 is 2.69 bits per heavy atom. The Bertz CT molecular complexity index is 188. The van der Waals surface area contributed by atoms with Gasteiger partial charge in [0, 0.05) is 19.6 Å². The van der Waals surface area contributed by atoms with Crippen molar-refractivity contribution in [2.75, 3.05) is 32.8 Å². The van der Waals surface area contributed by atoms with Gasteiger partial charge >= 0.3 is 0 Å². The first-order valence-corrected chi connectivity index (χ1v) is 4.56. The Kier molecular flexibility index (Phi) is 3.92. The zero-order chi connectivity index (χ0) is 9.68. The van der Waals surface area contributed by atoms with Crippen LogP contribution in [0.15, 0.2) is 12.7 Å². The largest absolute Gasteiger partial charge is 0.379 e. The van der Waals surface area contributed by atoms with Crippen LogP contribution in [-0.2, 0) is 9.53 Å². The Hall–Kier alpha value is -0.870. The van der Waals surface area contributed by atoms with E-state index in [1.54, 1.807) is 5.01 Å². The fraction of sp³-hybridized carbons (Fsp3) is 0.667. The lowest BCUT2D eigenvalue weighted by Gasteiger charge is -2.35. The molecular weight excluding hydrogens is 168 g/mol. The van der Waals surface area contributed by atoms with Crippen LogP contribution >= 0.6 is 0 Å². The number of morpholine rings is 1. The molecule has 1 rings (SSSR count). The fourth-order valence-electron chi connectivity index (χ4n) is 1.40. The quantitative estimate of drug-likeness (QED) is 0.590. The Morgan fingerprint density at radius 1 is 1.62 bits per heavy atom. The molecule has 1 fully saturated rings. The summed E-state index contributed by atoms with van der Waals surface area (Å²) >= 11 is 0. The van der Waals surface area contributed by atoms with Gasteiger partial charge in [0.25, 0.3) is 5.91 Å². The van der Waals surface area contributed by atoms with E-state index in [2.05, 4.69) is 6.58 Å². The molecule has 0 spiro atoms. The van der Waals surface area contributed by atoms with Crippen molar-refractivity contribution in [3.05, 3.63) is 12.7 Å². The molecular formula is C9H16N2O2. The maximum atomic E-state index is 11.4. The van der Waals surface area contributed by atoms with E-state index in [4.69, 9.17) is 4.74 Å². The lowest BCUT2D eigenvalue weighted by molar-refractivity contribution is -0.150. The van der Waals surface area contributed by atoms with Gasteiger partial charge in [-0.15, -0.1) is 0 Å². The fourth-order valence-corrected chi connectivity index (χ4v) is 1.40. The monoisotopic (exact) mass is 184 g/mol. The number of rotatable bonds is 3. The van der Waals surface area contributed by atoms with Crippen LogP contribution in [0.4, 0.5) is 0 Å². The number of likely N-dealkylation sites (N-methyl/N-ethyl adjacent to an activating group) is 1. The van der Waals surface area contributed by atoms with Crippen molar-refractivity contribution < 1.29 is 9.53 Å². The smallest absolute Gasteiger partial charge is 0.260 e. The van der Waals surface area contributed by atoms with Crippen molar-refractivity contribution in [1.29, 1.82) is 0 Å². The van der Waals surface area contributed by atoms with E-state index in [0.29, 0.717) is 19.8 Å². The first-order valence-electron chi connectivity index (χ1n) is 4.56. The molecule has 0 bridgehead atoms. The van der Waals surface area contributed by atoms with E-state index < -0.39 is 0 Å². The summed E-state index contributed by atoms with van der Waals surface area (Å²) in [5.41, 5.74) is 0. The van der Waals surface area contributed by atoms with E-state index in [1.807, 2.05) is 11.9 Å². The molecule has 1 aliphatic heterocycles. The van der Waals surface area contributed by atoms with Gasteiger partial charge in [0.1, 0.15) is 0 Å². The number of carbonyl (C=O) groups is 1. The Balaban J connectivity index is 2.53. The zero-order valence-corrected chi connectivity index (χ0v) is 8.03. The molecule has 1 amide bonds. The molecule has 0 radical (unpaired) electrons. The van der Waals surface area contributed by atoms with Gasteiger partial charge in [-0.2, -0.15) is 0 Å². The summed E-state index contributed by atoms with van der Waals surface area (Å²) in [6.07, 6.45) is 1.35. The van der Waals surface area contributed by atoms with Gasteiger partial charge in [0.15, 0.2) is 0 Å². The van der Waals surface area contributed by atoms with E-state index in [-0.39, 0.29) is 5.91 Å². The summed E-state index contributed by atoms with van der Waals surface area (Å²) in [6.45, 7) is 9.08. The summed E-state index contributed by atoms with van der Waals surface area (Å²) < 4.78 is 5.20. The molecule has 13 heavy (non-hydrogen) atoms. The third kappa shape index (κ3) is 2.54. The van der Waals surface area contributed by atoms with E-state index in [0.717, 1.165) is 13.1 Å². The van der Waals surface area contributed by atoms with Gasteiger partial charge in [0.05, 0.1) is 13.2 Å². The average molecular weight is 184 g/mol. The minimum atomic E-state index is -0.0376. The minimum Gasteiger partial charge on any atom is -0.379 e. The summed E-state index contributed by atoms with van der Waals surface area (Å²) in [4.78, 5) is 11.4. The molecule has 1 heterocycles. The third-order valence-corrected chi connectivity index (χ3v) is 2.06. The molecule has 0 aromatic carbocycles. The Labute approximate surface area is 78.7 Å². The number of amides is 1. The topological polar surface area (TPSA) is 32.8 Å². The molecule has 0 aromatic heterocycles. The first-order chi connectivity index (χ1) is 6.29. The van der Waals surface area contributed by atoms with Crippen LogP contribution in [0.2, 0.25) is 0 Å². The van der Waals surface area contributed by atoms with E-state index in [1.165, 1.54) is 6.08 Å². The number of ether oxygens (including phenoxy) is 1. The van der Waals surface area contributed by atoms with Crippen molar-refractivity contribution in [2.24, 2.45) is 0 Å². The van der Waals surface area contributed by atoms with Crippen LogP contribution in [0, 0.1) is 0 Å². The highest BCUT2D eigenvalue weighted by Gasteiger charge is 2.19. The molecule has 0 aromatic rings. The normalized spacial score (nSPS) is 18.2. The van der Waals surface area contributed by atoms with Crippen LogP contribution in [0.5, 0.6) is 0 Å². The highest BCUT2D eigenvalue weighted by Crippen LogP contribution is 2.03. The molecule has 0 saturated carbocycles. The minimum absolute atomic E-state index is 0.0376. The lowest BCUT2D eigenvalue weighted by Crippen LogP contribution is -2.50. The third-order valence-electron chi connectivity index (χ3n) is 2.06. The second-order valence-corrected chi connectivity index (χ2v) is 2.82. The second kappa shape index (κ2) is 4.99. The molecule has 1 saturated heterocycles. The predicted octanol–water partition coefficient (Wildman–Crippen LogP) is 0.268. The summed E-state index contributed by atoms with van der Waals surface area (Å²) in [7, 11) is 0. The lowest BCUT2D eigenvalue weighted by atomic mass is 10.4. The van der Waals surface area contributed by atoms with Crippen molar-refractivity contribution >= 4 is 5.91 Å². The molecule has 4 heteroatoms. The summed E-state index contributed by atoms with van der Waals surface area (Å²) in [5, 5.41) is 3.71. The highest BCUT2D eigenvalue weighted by molar-refractivity contribution is 5.86. The number of hydrogen-bond acceptors (Lipinski definition) is 3. The van der Waals surface area contributed by atoms with Crippen LogP contribution in [-0.4, -0.2) is 48.8 Å². The summed E-state index contributed by atoms with van der Waals surface area (Å²) in [5.74, 6) is -0.0376. The maximum absolute atomic E-state index is 11.4. The van der Waals surface area contributed by atoms with Gasteiger partial charge in [-0.3, -0.25) is 9.80 Å². The van der Waals surface area contributed by atoms with Crippen molar-refractivity contribution in [3.63, 3.8) is 0 Å². The second-order valence-electron chi connectivity index (χ2n) is 2.82. The van der Waals surface area contributed by atoms with Crippen LogP contribution < -0.4 is 0 Å². The molecule has 0 aliphatic carbocycles. The highest BCUT2D eigenvalue weighted by atomic mass is 16.5. The number of hydrazine groups is 1.